The standard InChI is InChI=1S/C6H9O2/c1-2-3-6-4-7-5-8-6/h2-3,6H,1,4-5H2. The highest BCUT2D eigenvalue weighted by atomic mass is 16.7. The van der Waals surface area contributed by atoms with Crippen molar-refractivity contribution in [1.82, 2.24) is 0 Å². The summed E-state index contributed by atoms with van der Waals surface area (Å²) in [6, 6.07) is 0. The minimum Gasteiger partial charge on any atom is -0.352 e. The SMILES string of the molecule is [CH2]C=CC1COCO1. The number of hydrogen-bond acceptors (Lipinski definition) is 2. The molecule has 0 aromatic rings. The fourth-order valence-corrected chi connectivity index (χ4v) is 0.611. The summed E-state index contributed by atoms with van der Waals surface area (Å²) in [7, 11) is 0. The smallest absolute Gasteiger partial charge is 0.147 e. The van der Waals surface area contributed by atoms with Gasteiger partial charge in [-0.2, -0.15) is 0 Å². The highest BCUT2D eigenvalue weighted by Crippen LogP contribution is 2.02. The van der Waals surface area contributed by atoms with E-state index in [0.29, 0.717) is 13.4 Å². The predicted molar refractivity (Wildman–Crippen MR) is 30.2 cm³/mol. The van der Waals surface area contributed by atoms with Crippen LogP contribution in [0.4, 0.5) is 0 Å². The van der Waals surface area contributed by atoms with Crippen molar-refractivity contribution in [2.24, 2.45) is 0 Å². The summed E-state index contributed by atoms with van der Waals surface area (Å²) in [5, 5.41) is 0. The van der Waals surface area contributed by atoms with E-state index in [2.05, 4.69) is 6.92 Å². The Bertz CT molecular complexity index is 82.5. The zero-order valence-corrected chi connectivity index (χ0v) is 4.67. The quantitative estimate of drug-likeness (QED) is 0.499. The van der Waals surface area contributed by atoms with Gasteiger partial charge in [0.15, 0.2) is 0 Å². The average Bonchev–Trinajstić information content (AvgIpc) is 2.19. The second-order valence-corrected chi connectivity index (χ2v) is 1.62. The Hall–Kier alpha value is -0.340. The van der Waals surface area contributed by atoms with Gasteiger partial charge in [-0.1, -0.05) is 12.2 Å². The van der Waals surface area contributed by atoms with Gasteiger partial charge in [-0.05, 0) is 6.92 Å². The van der Waals surface area contributed by atoms with Crippen LogP contribution < -0.4 is 0 Å². The van der Waals surface area contributed by atoms with Crippen molar-refractivity contribution < 1.29 is 9.47 Å². The molecule has 0 aromatic heterocycles. The average molecular weight is 113 g/mol. The molecule has 0 amide bonds. The van der Waals surface area contributed by atoms with Crippen LogP contribution in [0.15, 0.2) is 12.2 Å². The van der Waals surface area contributed by atoms with E-state index in [1.165, 1.54) is 0 Å². The van der Waals surface area contributed by atoms with Crippen LogP contribution in [0.25, 0.3) is 0 Å². The molecule has 0 aromatic carbocycles. The van der Waals surface area contributed by atoms with Gasteiger partial charge in [0.1, 0.15) is 12.9 Å². The summed E-state index contributed by atoms with van der Waals surface area (Å²) in [5.41, 5.74) is 0. The molecule has 1 radical (unpaired) electrons. The third-order valence-electron chi connectivity index (χ3n) is 0.998. The summed E-state index contributed by atoms with van der Waals surface area (Å²) in [6.07, 6.45) is 3.75. The molecule has 1 aliphatic rings. The van der Waals surface area contributed by atoms with Gasteiger partial charge in [-0.15, -0.1) is 0 Å². The first-order valence-electron chi connectivity index (χ1n) is 2.58. The second kappa shape index (κ2) is 2.84. The molecule has 1 unspecified atom stereocenters. The van der Waals surface area contributed by atoms with E-state index in [1.807, 2.05) is 6.08 Å². The van der Waals surface area contributed by atoms with Gasteiger partial charge >= 0.3 is 0 Å². The molecule has 1 fully saturated rings. The Morgan fingerprint density at radius 2 is 2.50 bits per heavy atom. The lowest BCUT2D eigenvalue weighted by atomic mass is 10.3. The first-order chi connectivity index (χ1) is 3.93. The van der Waals surface area contributed by atoms with Crippen molar-refractivity contribution in [3.63, 3.8) is 0 Å². The van der Waals surface area contributed by atoms with E-state index in [-0.39, 0.29) is 6.10 Å². The molecule has 0 aliphatic carbocycles. The first-order valence-corrected chi connectivity index (χ1v) is 2.58. The fourth-order valence-electron chi connectivity index (χ4n) is 0.611. The lowest BCUT2D eigenvalue weighted by molar-refractivity contribution is 0.0572. The maximum Gasteiger partial charge on any atom is 0.147 e. The molecular formula is C6H9O2. The van der Waals surface area contributed by atoms with Gasteiger partial charge in [0.05, 0.1) is 6.61 Å². The minimum absolute atomic E-state index is 0.146. The molecule has 1 saturated heterocycles. The van der Waals surface area contributed by atoms with Crippen LogP contribution in [0.3, 0.4) is 0 Å². The van der Waals surface area contributed by atoms with Crippen molar-refractivity contribution in [2.75, 3.05) is 13.4 Å². The van der Waals surface area contributed by atoms with Crippen LogP contribution in [0, 0.1) is 6.92 Å². The first kappa shape index (κ1) is 5.79. The maximum absolute atomic E-state index is 5.04. The maximum atomic E-state index is 5.04. The van der Waals surface area contributed by atoms with Crippen molar-refractivity contribution in [2.45, 2.75) is 6.10 Å². The molecule has 0 bridgehead atoms. The zero-order valence-electron chi connectivity index (χ0n) is 4.67. The van der Waals surface area contributed by atoms with E-state index in [4.69, 9.17) is 9.47 Å². The van der Waals surface area contributed by atoms with E-state index in [9.17, 15) is 0 Å². The number of hydrogen-bond donors (Lipinski definition) is 0. The van der Waals surface area contributed by atoms with Crippen LogP contribution in [0.1, 0.15) is 0 Å². The van der Waals surface area contributed by atoms with Crippen molar-refractivity contribution >= 4 is 0 Å². The van der Waals surface area contributed by atoms with Crippen LogP contribution in [-0.2, 0) is 9.47 Å². The third-order valence-corrected chi connectivity index (χ3v) is 0.998. The van der Waals surface area contributed by atoms with Crippen LogP contribution in [-0.4, -0.2) is 19.5 Å². The molecule has 0 N–H and O–H groups in total. The Morgan fingerprint density at radius 3 is 3.00 bits per heavy atom. The lowest BCUT2D eigenvalue weighted by Crippen LogP contribution is -2.03. The molecule has 8 heavy (non-hydrogen) atoms. The number of rotatable bonds is 1. The second-order valence-electron chi connectivity index (χ2n) is 1.62. The molecule has 45 valence electrons. The normalized spacial score (nSPS) is 29.9. The van der Waals surface area contributed by atoms with Gasteiger partial charge in [0, 0.05) is 0 Å². The van der Waals surface area contributed by atoms with Gasteiger partial charge in [-0.25, -0.2) is 0 Å². The molecule has 1 aliphatic heterocycles. The molecular weight excluding hydrogens is 104 g/mol. The Balaban J connectivity index is 2.24. The summed E-state index contributed by atoms with van der Waals surface area (Å²) in [6.45, 7) is 4.63. The van der Waals surface area contributed by atoms with E-state index >= 15 is 0 Å². The molecule has 2 heteroatoms. The monoisotopic (exact) mass is 113 g/mol. The molecule has 0 saturated carbocycles. The van der Waals surface area contributed by atoms with E-state index in [1.54, 1.807) is 6.08 Å². The van der Waals surface area contributed by atoms with Crippen LogP contribution >= 0.6 is 0 Å². The predicted octanol–water partition coefficient (Wildman–Crippen LogP) is 0.750. The Morgan fingerprint density at radius 1 is 1.62 bits per heavy atom. The van der Waals surface area contributed by atoms with Crippen molar-refractivity contribution in [1.29, 1.82) is 0 Å². The summed E-state index contributed by atoms with van der Waals surface area (Å²) >= 11 is 0. The lowest BCUT2D eigenvalue weighted by Gasteiger charge is -1.95. The van der Waals surface area contributed by atoms with Crippen LogP contribution in [0.2, 0.25) is 0 Å². The van der Waals surface area contributed by atoms with Gasteiger partial charge in [-0.3, -0.25) is 0 Å². The largest absolute Gasteiger partial charge is 0.352 e. The number of ether oxygens (including phenoxy) is 2. The Labute approximate surface area is 49.1 Å². The molecule has 1 rings (SSSR count). The van der Waals surface area contributed by atoms with Crippen molar-refractivity contribution in [3.8, 4) is 0 Å². The molecule has 2 nitrogen and oxygen atoms in total. The highest BCUT2D eigenvalue weighted by molar-refractivity contribution is 4.91. The van der Waals surface area contributed by atoms with E-state index < -0.39 is 0 Å². The topological polar surface area (TPSA) is 18.5 Å². The summed E-state index contributed by atoms with van der Waals surface area (Å²) in [4.78, 5) is 0. The highest BCUT2D eigenvalue weighted by Gasteiger charge is 2.10. The van der Waals surface area contributed by atoms with E-state index in [0.717, 1.165) is 0 Å². The van der Waals surface area contributed by atoms with Crippen LogP contribution in [0.5, 0.6) is 0 Å². The molecule has 1 atom stereocenters. The van der Waals surface area contributed by atoms with Crippen molar-refractivity contribution in [3.05, 3.63) is 19.1 Å². The minimum atomic E-state index is 0.146. The van der Waals surface area contributed by atoms with Gasteiger partial charge < -0.3 is 9.47 Å². The molecule has 1 heterocycles. The zero-order chi connectivity index (χ0) is 5.82. The number of allylic oxidation sites excluding steroid dienone is 1. The fraction of sp³-hybridized carbons (Fsp3) is 0.500. The summed E-state index contributed by atoms with van der Waals surface area (Å²) in [5.74, 6) is 0. The Kier molecular flexibility index (Phi) is 2.06. The summed E-state index contributed by atoms with van der Waals surface area (Å²) < 4.78 is 9.95. The third kappa shape index (κ3) is 1.32. The van der Waals surface area contributed by atoms with Gasteiger partial charge in [0.2, 0.25) is 0 Å². The molecule has 0 spiro atoms. The van der Waals surface area contributed by atoms with Gasteiger partial charge in [0.25, 0.3) is 0 Å².